The van der Waals surface area contributed by atoms with Crippen LogP contribution in [-0.2, 0) is 18.3 Å². The van der Waals surface area contributed by atoms with E-state index in [-0.39, 0.29) is 22.9 Å². The molecular formula is C16H20N4O2S. The first-order valence-electron chi connectivity index (χ1n) is 7.72. The number of hydrogen-bond acceptors (Lipinski definition) is 4. The minimum Gasteiger partial charge on any atom is -0.348 e. The van der Waals surface area contributed by atoms with Gasteiger partial charge in [0.05, 0.1) is 11.3 Å². The molecule has 0 radical (unpaired) electrons. The van der Waals surface area contributed by atoms with Crippen LogP contribution in [0.25, 0.3) is 0 Å². The minimum absolute atomic E-state index is 0.0350. The van der Waals surface area contributed by atoms with Gasteiger partial charge in [-0.3, -0.25) is 9.36 Å². The molecule has 122 valence electrons. The van der Waals surface area contributed by atoms with Crippen molar-refractivity contribution >= 4 is 17.7 Å². The second-order valence-corrected chi connectivity index (χ2v) is 7.09. The van der Waals surface area contributed by atoms with Crippen molar-refractivity contribution in [1.82, 2.24) is 20.1 Å². The normalized spacial score (nSPS) is 18.3. The third kappa shape index (κ3) is 3.34. The van der Waals surface area contributed by atoms with Crippen molar-refractivity contribution in [2.75, 3.05) is 0 Å². The van der Waals surface area contributed by atoms with Crippen molar-refractivity contribution in [1.29, 1.82) is 0 Å². The molecule has 0 saturated carbocycles. The number of rotatable bonds is 4. The summed E-state index contributed by atoms with van der Waals surface area (Å²) in [7, 11) is 1.64. The number of carbonyl (C=O) groups excluding carboxylic acids is 1. The second kappa shape index (κ2) is 6.62. The van der Waals surface area contributed by atoms with E-state index in [1.54, 1.807) is 7.05 Å². The van der Waals surface area contributed by atoms with Gasteiger partial charge in [0.15, 0.2) is 5.16 Å². The maximum Gasteiger partial charge on any atom is 0.343 e. The molecule has 23 heavy (non-hydrogen) atoms. The van der Waals surface area contributed by atoms with Crippen LogP contribution < -0.4 is 11.0 Å². The molecule has 2 aromatic rings. The van der Waals surface area contributed by atoms with E-state index in [4.69, 9.17) is 0 Å². The number of benzene rings is 1. The zero-order valence-corrected chi connectivity index (χ0v) is 14.0. The fourth-order valence-corrected chi connectivity index (χ4v) is 3.67. The van der Waals surface area contributed by atoms with Crippen LogP contribution in [0.4, 0.5) is 0 Å². The highest BCUT2D eigenvalue weighted by Crippen LogP contribution is 2.30. The number of thioether (sulfide) groups is 1. The van der Waals surface area contributed by atoms with E-state index in [9.17, 15) is 9.59 Å². The molecule has 7 heteroatoms. The molecule has 0 fully saturated rings. The first kappa shape index (κ1) is 15.9. The van der Waals surface area contributed by atoms with Crippen LogP contribution in [0.15, 0.2) is 34.2 Å². The number of aromatic amines is 1. The van der Waals surface area contributed by atoms with E-state index < -0.39 is 0 Å². The Balaban J connectivity index is 1.67. The molecule has 1 aromatic heterocycles. The number of H-pyrrole nitrogens is 1. The molecule has 1 aliphatic rings. The van der Waals surface area contributed by atoms with Gasteiger partial charge in [-0.1, -0.05) is 36.0 Å². The van der Waals surface area contributed by atoms with Gasteiger partial charge in [0.1, 0.15) is 0 Å². The molecule has 3 rings (SSSR count). The maximum absolute atomic E-state index is 12.5. The topological polar surface area (TPSA) is 79.8 Å². The van der Waals surface area contributed by atoms with Crippen molar-refractivity contribution < 1.29 is 4.79 Å². The highest BCUT2D eigenvalue weighted by atomic mass is 32.2. The van der Waals surface area contributed by atoms with Crippen molar-refractivity contribution in [3.8, 4) is 0 Å². The zero-order chi connectivity index (χ0) is 16.4. The van der Waals surface area contributed by atoms with Gasteiger partial charge in [0.2, 0.25) is 5.91 Å². The van der Waals surface area contributed by atoms with E-state index in [2.05, 4.69) is 27.6 Å². The molecule has 1 heterocycles. The van der Waals surface area contributed by atoms with Gasteiger partial charge in [0, 0.05) is 7.05 Å². The maximum atomic E-state index is 12.5. The number of carbonyl (C=O) groups is 1. The van der Waals surface area contributed by atoms with Crippen molar-refractivity contribution in [2.45, 2.75) is 42.6 Å². The van der Waals surface area contributed by atoms with Gasteiger partial charge >= 0.3 is 5.69 Å². The molecule has 1 aliphatic carbocycles. The predicted octanol–water partition coefficient (Wildman–Crippen LogP) is 1.78. The van der Waals surface area contributed by atoms with E-state index in [1.165, 1.54) is 27.5 Å². The Kier molecular flexibility index (Phi) is 4.56. The molecule has 1 amide bonds. The average molecular weight is 332 g/mol. The zero-order valence-electron chi connectivity index (χ0n) is 13.2. The lowest BCUT2D eigenvalue weighted by Gasteiger charge is -2.27. The van der Waals surface area contributed by atoms with Gasteiger partial charge in [-0.2, -0.15) is 0 Å². The van der Waals surface area contributed by atoms with Gasteiger partial charge in [-0.25, -0.2) is 9.89 Å². The van der Waals surface area contributed by atoms with Crippen LogP contribution in [0, 0.1) is 0 Å². The third-order valence-electron chi connectivity index (χ3n) is 4.18. The SMILES string of the molecule is C[C@H](Sc1n[nH]c(=O)n1C)C(=O)N[C@H]1CCCc2ccccc21. The third-order valence-corrected chi connectivity index (χ3v) is 5.32. The summed E-state index contributed by atoms with van der Waals surface area (Å²) < 4.78 is 1.41. The summed E-state index contributed by atoms with van der Waals surface area (Å²) >= 11 is 1.28. The monoisotopic (exact) mass is 332 g/mol. The standard InChI is InChI=1S/C16H20N4O2S/c1-10(23-16-19-18-15(22)20(16)2)14(21)17-13-9-5-7-11-6-3-4-8-12(11)13/h3-4,6,8,10,13H,5,7,9H2,1-2H3,(H,17,21)(H,18,22)/t10-,13-/m0/s1. The van der Waals surface area contributed by atoms with E-state index in [1.807, 2.05) is 19.1 Å². The molecule has 2 atom stereocenters. The van der Waals surface area contributed by atoms with E-state index >= 15 is 0 Å². The lowest BCUT2D eigenvalue weighted by molar-refractivity contribution is -0.121. The van der Waals surface area contributed by atoms with Crippen LogP contribution in [0.3, 0.4) is 0 Å². The molecule has 0 bridgehead atoms. The minimum atomic E-state index is -0.321. The van der Waals surface area contributed by atoms with Crippen LogP contribution in [0.1, 0.15) is 36.9 Å². The molecule has 0 unspecified atom stereocenters. The molecule has 2 N–H and O–H groups in total. The van der Waals surface area contributed by atoms with Gasteiger partial charge in [-0.05, 0) is 37.3 Å². The number of hydrogen-bond donors (Lipinski definition) is 2. The van der Waals surface area contributed by atoms with Gasteiger partial charge in [0.25, 0.3) is 0 Å². The van der Waals surface area contributed by atoms with Crippen molar-refractivity contribution in [3.63, 3.8) is 0 Å². The van der Waals surface area contributed by atoms with E-state index in [0.29, 0.717) is 5.16 Å². The number of aromatic nitrogens is 3. The summed E-state index contributed by atoms with van der Waals surface area (Å²) in [4.78, 5) is 23.9. The molecule has 6 nitrogen and oxygen atoms in total. The smallest absolute Gasteiger partial charge is 0.343 e. The number of nitrogens with zero attached hydrogens (tertiary/aromatic N) is 2. The molecule has 0 spiro atoms. The Morgan fingerprint density at radius 1 is 1.48 bits per heavy atom. The van der Waals surface area contributed by atoms with Gasteiger partial charge in [-0.15, -0.1) is 5.10 Å². The number of nitrogens with one attached hydrogen (secondary N) is 2. The second-order valence-electron chi connectivity index (χ2n) is 5.78. The van der Waals surface area contributed by atoms with Crippen LogP contribution >= 0.6 is 11.8 Å². The Morgan fingerprint density at radius 3 is 3.00 bits per heavy atom. The van der Waals surface area contributed by atoms with Crippen LogP contribution in [0.2, 0.25) is 0 Å². The quantitative estimate of drug-likeness (QED) is 0.837. The lowest BCUT2D eigenvalue weighted by Crippen LogP contribution is -2.36. The lowest BCUT2D eigenvalue weighted by atomic mass is 9.88. The Morgan fingerprint density at radius 2 is 2.26 bits per heavy atom. The molecule has 1 aromatic carbocycles. The number of amides is 1. The average Bonchev–Trinajstić information content (AvgIpc) is 2.87. The highest BCUT2D eigenvalue weighted by Gasteiger charge is 2.24. The summed E-state index contributed by atoms with van der Waals surface area (Å²) in [5, 5.41) is 9.64. The summed E-state index contributed by atoms with van der Waals surface area (Å²) in [6.07, 6.45) is 3.11. The summed E-state index contributed by atoms with van der Waals surface area (Å²) in [6.45, 7) is 1.83. The van der Waals surface area contributed by atoms with E-state index in [0.717, 1.165) is 19.3 Å². The molecule has 0 saturated heterocycles. The summed E-state index contributed by atoms with van der Waals surface area (Å²) in [5.74, 6) is -0.0350. The Hall–Kier alpha value is -2.02. The van der Waals surface area contributed by atoms with Crippen LogP contribution in [0.5, 0.6) is 0 Å². The van der Waals surface area contributed by atoms with Gasteiger partial charge < -0.3 is 5.32 Å². The largest absolute Gasteiger partial charge is 0.348 e. The first-order chi connectivity index (χ1) is 11.1. The number of aryl methyl sites for hydroxylation is 1. The highest BCUT2D eigenvalue weighted by molar-refractivity contribution is 8.00. The van der Waals surface area contributed by atoms with Crippen molar-refractivity contribution in [3.05, 3.63) is 45.9 Å². The summed E-state index contributed by atoms with van der Waals surface area (Å²) in [6, 6.07) is 8.35. The fraction of sp³-hybridized carbons (Fsp3) is 0.438. The van der Waals surface area contributed by atoms with Crippen molar-refractivity contribution in [2.24, 2.45) is 7.05 Å². The van der Waals surface area contributed by atoms with Crippen LogP contribution in [-0.4, -0.2) is 25.9 Å². The molecule has 0 aliphatic heterocycles. The Bertz CT molecular complexity index is 767. The fourth-order valence-electron chi connectivity index (χ4n) is 2.84. The molecular weight excluding hydrogens is 312 g/mol. The number of fused-ring (bicyclic) bond motifs is 1. The first-order valence-corrected chi connectivity index (χ1v) is 8.60. The predicted molar refractivity (Wildman–Crippen MR) is 89.4 cm³/mol. The Labute approximate surface area is 138 Å². The summed E-state index contributed by atoms with van der Waals surface area (Å²) in [5.41, 5.74) is 2.26.